The molecule has 158 valence electrons. The Bertz CT molecular complexity index is 670. The first-order valence-corrected chi connectivity index (χ1v) is 9.79. The molecule has 1 fully saturated rings. The topological polar surface area (TPSA) is 66.0 Å². The lowest BCUT2D eigenvalue weighted by Gasteiger charge is -2.31. The lowest BCUT2D eigenvalue weighted by Crippen LogP contribution is -2.49. The van der Waals surface area contributed by atoms with Crippen molar-refractivity contribution in [2.45, 2.75) is 46.1 Å². The van der Waals surface area contributed by atoms with Gasteiger partial charge < -0.3 is 20.3 Å². The van der Waals surface area contributed by atoms with Gasteiger partial charge >= 0.3 is 0 Å². The van der Waals surface area contributed by atoms with Crippen molar-refractivity contribution in [2.24, 2.45) is 10.4 Å². The van der Waals surface area contributed by atoms with Gasteiger partial charge in [0.15, 0.2) is 5.96 Å². The molecule has 0 radical (unpaired) electrons. The molecule has 1 aromatic rings. The van der Waals surface area contributed by atoms with Gasteiger partial charge in [-0.1, -0.05) is 25.0 Å². The average Bonchev–Trinajstić information content (AvgIpc) is 3.13. The molecule has 6 nitrogen and oxygen atoms in total. The van der Waals surface area contributed by atoms with Crippen molar-refractivity contribution < 1.29 is 9.53 Å². The molecule has 1 aromatic carbocycles. The van der Waals surface area contributed by atoms with Crippen LogP contribution in [-0.4, -0.2) is 51.1 Å². The van der Waals surface area contributed by atoms with Gasteiger partial charge in [-0.05, 0) is 43.9 Å². The van der Waals surface area contributed by atoms with Crippen LogP contribution in [0, 0.1) is 12.3 Å². The molecule has 7 heteroatoms. The molecule has 0 bridgehead atoms. The number of benzene rings is 1. The predicted octanol–water partition coefficient (Wildman–Crippen LogP) is 3.33. The highest BCUT2D eigenvalue weighted by Gasteiger charge is 2.42. The van der Waals surface area contributed by atoms with Crippen LogP contribution in [0.25, 0.3) is 0 Å². The van der Waals surface area contributed by atoms with Crippen molar-refractivity contribution in [3.63, 3.8) is 0 Å². The van der Waals surface area contributed by atoms with Crippen molar-refractivity contribution in [3.05, 3.63) is 29.3 Å². The van der Waals surface area contributed by atoms with Crippen LogP contribution < -0.4 is 15.4 Å². The molecule has 2 N–H and O–H groups in total. The van der Waals surface area contributed by atoms with E-state index in [1.165, 1.54) is 0 Å². The quantitative estimate of drug-likeness (QED) is 0.341. The zero-order valence-electron chi connectivity index (χ0n) is 17.8. The summed E-state index contributed by atoms with van der Waals surface area (Å²) in [5.74, 6) is 1.86. The third-order valence-electron chi connectivity index (χ3n) is 5.24. The molecule has 0 unspecified atom stereocenters. The number of nitrogens with one attached hydrogen (secondary N) is 2. The maximum atomic E-state index is 12.7. The van der Waals surface area contributed by atoms with Crippen LogP contribution in [0.15, 0.2) is 23.2 Å². The normalized spacial score (nSPS) is 15.5. The average molecular weight is 502 g/mol. The number of hydrogen-bond donors (Lipinski definition) is 2. The van der Waals surface area contributed by atoms with E-state index in [0.29, 0.717) is 13.1 Å². The molecule has 0 atom stereocenters. The summed E-state index contributed by atoms with van der Waals surface area (Å²) in [4.78, 5) is 19.2. The van der Waals surface area contributed by atoms with E-state index in [2.05, 4.69) is 16.7 Å². The summed E-state index contributed by atoms with van der Waals surface area (Å²) in [5, 5.41) is 6.70. The molecule has 0 heterocycles. The Hall–Kier alpha value is -1.51. The number of nitrogens with zero attached hydrogens (tertiary/aromatic N) is 2. The summed E-state index contributed by atoms with van der Waals surface area (Å²) in [5.41, 5.74) is 1.92. The number of rotatable bonds is 7. The Labute approximate surface area is 186 Å². The number of carbonyl (C=O) groups is 1. The van der Waals surface area contributed by atoms with Gasteiger partial charge in [0.05, 0.1) is 19.1 Å². The van der Waals surface area contributed by atoms with E-state index in [-0.39, 0.29) is 35.3 Å². The first kappa shape index (κ1) is 24.5. The molecule has 1 amide bonds. The standard InChI is InChI=1S/C21H34N4O2.HI/c1-6-22-20(23-14-17-9-10-18(27-5)16(2)13-17)24-15-21(11-7-8-12-21)19(26)25(3)4;/h9-10,13H,6-8,11-12,14-15H2,1-5H3,(H2,22,23,24);1H. The minimum Gasteiger partial charge on any atom is -0.496 e. The largest absolute Gasteiger partial charge is 0.496 e. The van der Waals surface area contributed by atoms with Gasteiger partial charge in [-0.25, -0.2) is 4.99 Å². The molecule has 2 rings (SSSR count). The van der Waals surface area contributed by atoms with Crippen molar-refractivity contribution in [1.82, 2.24) is 15.5 Å². The van der Waals surface area contributed by atoms with Crippen LogP contribution in [0.1, 0.15) is 43.7 Å². The zero-order valence-corrected chi connectivity index (χ0v) is 20.1. The highest BCUT2D eigenvalue weighted by molar-refractivity contribution is 14.0. The molecule has 0 saturated heterocycles. The highest BCUT2D eigenvalue weighted by atomic mass is 127. The predicted molar refractivity (Wildman–Crippen MR) is 126 cm³/mol. The van der Waals surface area contributed by atoms with E-state index in [0.717, 1.165) is 55.1 Å². The number of guanidine groups is 1. The monoisotopic (exact) mass is 502 g/mol. The Morgan fingerprint density at radius 1 is 1.25 bits per heavy atom. The van der Waals surface area contributed by atoms with Crippen LogP contribution in [0.5, 0.6) is 5.75 Å². The summed E-state index contributed by atoms with van der Waals surface area (Å²) >= 11 is 0. The fourth-order valence-electron chi connectivity index (χ4n) is 3.80. The number of carbonyl (C=O) groups excluding carboxylic acids is 1. The smallest absolute Gasteiger partial charge is 0.230 e. The van der Waals surface area contributed by atoms with E-state index in [1.807, 2.05) is 40.1 Å². The van der Waals surface area contributed by atoms with Gasteiger partial charge in [0.1, 0.15) is 5.75 Å². The van der Waals surface area contributed by atoms with Gasteiger partial charge in [-0.15, -0.1) is 24.0 Å². The van der Waals surface area contributed by atoms with E-state index < -0.39 is 0 Å². The van der Waals surface area contributed by atoms with Crippen molar-refractivity contribution in [1.29, 1.82) is 0 Å². The molecule has 0 aromatic heterocycles. The second-order valence-corrected chi connectivity index (χ2v) is 7.54. The van der Waals surface area contributed by atoms with Crippen molar-refractivity contribution >= 4 is 35.8 Å². The molecule has 0 aliphatic heterocycles. The molecule has 0 spiro atoms. The number of methoxy groups -OCH3 is 1. The lowest BCUT2D eigenvalue weighted by atomic mass is 9.84. The number of halogens is 1. The van der Waals surface area contributed by atoms with E-state index in [4.69, 9.17) is 9.73 Å². The van der Waals surface area contributed by atoms with Crippen molar-refractivity contribution in [2.75, 3.05) is 34.3 Å². The van der Waals surface area contributed by atoms with Crippen molar-refractivity contribution in [3.8, 4) is 5.75 Å². The summed E-state index contributed by atoms with van der Waals surface area (Å²) in [7, 11) is 5.36. The minimum atomic E-state index is -0.309. The molecular formula is C21H35IN4O2. The molecule has 1 aliphatic rings. The van der Waals surface area contributed by atoms with Crippen LogP contribution in [0.4, 0.5) is 0 Å². The van der Waals surface area contributed by atoms with Gasteiger partial charge in [-0.2, -0.15) is 0 Å². The SMILES string of the molecule is CCNC(=NCc1ccc(OC)c(C)c1)NCC1(C(=O)N(C)C)CCCC1.I. The second kappa shape index (κ2) is 11.5. The fourth-order valence-corrected chi connectivity index (χ4v) is 3.80. The third-order valence-corrected chi connectivity index (χ3v) is 5.24. The highest BCUT2D eigenvalue weighted by Crippen LogP contribution is 2.38. The number of hydrogen-bond acceptors (Lipinski definition) is 3. The fraction of sp³-hybridized carbons (Fsp3) is 0.619. The molecule has 28 heavy (non-hydrogen) atoms. The lowest BCUT2D eigenvalue weighted by molar-refractivity contribution is -0.138. The molecule has 1 aliphatic carbocycles. The number of ether oxygens (including phenoxy) is 1. The van der Waals surface area contributed by atoms with E-state index in [1.54, 1.807) is 12.0 Å². The zero-order chi connectivity index (χ0) is 19.9. The molecular weight excluding hydrogens is 467 g/mol. The maximum Gasteiger partial charge on any atom is 0.230 e. The van der Waals surface area contributed by atoms with Gasteiger partial charge in [-0.3, -0.25) is 4.79 Å². The summed E-state index contributed by atoms with van der Waals surface area (Å²) in [6.45, 7) is 6.06. The first-order valence-electron chi connectivity index (χ1n) is 9.79. The van der Waals surface area contributed by atoms with Crippen LogP contribution in [-0.2, 0) is 11.3 Å². The van der Waals surface area contributed by atoms with Crippen LogP contribution in [0.2, 0.25) is 0 Å². The summed E-state index contributed by atoms with van der Waals surface area (Å²) in [6.07, 6.45) is 4.10. The number of amides is 1. The Morgan fingerprint density at radius 3 is 2.46 bits per heavy atom. The Morgan fingerprint density at radius 2 is 1.93 bits per heavy atom. The second-order valence-electron chi connectivity index (χ2n) is 7.54. The Kier molecular flexibility index (Phi) is 10.1. The van der Waals surface area contributed by atoms with E-state index >= 15 is 0 Å². The maximum absolute atomic E-state index is 12.7. The van der Waals surface area contributed by atoms with E-state index in [9.17, 15) is 4.79 Å². The number of aryl methyl sites for hydroxylation is 1. The Balaban J connectivity index is 0.00000392. The van der Waals surface area contributed by atoms with Gasteiger partial charge in [0.25, 0.3) is 0 Å². The summed E-state index contributed by atoms with van der Waals surface area (Å²) < 4.78 is 5.32. The van der Waals surface area contributed by atoms with Crippen LogP contribution in [0.3, 0.4) is 0 Å². The van der Waals surface area contributed by atoms with Gasteiger partial charge in [0.2, 0.25) is 5.91 Å². The first-order chi connectivity index (χ1) is 12.9. The molecule has 1 saturated carbocycles. The number of aliphatic imine (C=N–C) groups is 1. The minimum absolute atomic E-state index is 0. The third kappa shape index (κ3) is 6.25. The summed E-state index contributed by atoms with van der Waals surface area (Å²) in [6, 6.07) is 6.11. The van der Waals surface area contributed by atoms with Gasteiger partial charge in [0, 0.05) is 27.2 Å². The van der Waals surface area contributed by atoms with Crippen LogP contribution >= 0.6 is 24.0 Å².